The summed E-state index contributed by atoms with van der Waals surface area (Å²) in [5.41, 5.74) is 6.40. The molecule has 1 aromatic carbocycles. The van der Waals surface area contributed by atoms with E-state index in [0.29, 0.717) is 17.1 Å². The van der Waals surface area contributed by atoms with Crippen molar-refractivity contribution in [2.24, 2.45) is 4.99 Å². The number of ether oxygens (including phenoxy) is 1. The molecule has 0 aliphatic carbocycles. The normalized spacial score (nSPS) is 8.75. The van der Waals surface area contributed by atoms with E-state index in [0.717, 1.165) is 0 Å². The number of nitrogens with zero attached hydrogens (tertiary/aromatic N) is 1. The number of hydrogen-bond acceptors (Lipinski definition) is 4. The van der Waals surface area contributed by atoms with Gasteiger partial charge in [0, 0.05) is 5.69 Å². The first-order valence-electron chi connectivity index (χ1n) is 3.29. The predicted molar refractivity (Wildman–Crippen MR) is 45.2 cm³/mol. The number of isocyanates is 1. The molecular formula is C8H8N2O2. The average molecular weight is 164 g/mol. The number of hydrogen-bond donors (Lipinski definition) is 1. The van der Waals surface area contributed by atoms with Crippen LogP contribution in [0.2, 0.25) is 0 Å². The van der Waals surface area contributed by atoms with Crippen LogP contribution >= 0.6 is 0 Å². The molecule has 0 radical (unpaired) electrons. The maximum Gasteiger partial charge on any atom is 0.240 e. The minimum absolute atomic E-state index is 0.396. The Kier molecular flexibility index (Phi) is 2.46. The first kappa shape index (κ1) is 8.30. The van der Waals surface area contributed by atoms with Gasteiger partial charge in [-0.05, 0) is 18.2 Å². The van der Waals surface area contributed by atoms with Crippen LogP contribution in [-0.2, 0) is 4.79 Å². The quantitative estimate of drug-likeness (QED) is 0.406. The third-order valence-corrected chi connectivity index (χ3v) is 1.37. The van der Waals surface area contributed by atoms with Crippen molar-refractivity contribution < 1.29 is 9.53 Å². The van der Waals surface area contributed by atoms with Gasteiger partial charge in [0.25, 0.3) is 0 Å². The Hall–Kier alpha value is -1.80. The maximum absolute atomic E-state index is 9.97. The Labute approximate surface area is 69.7 Å². The summed E-state index contributed by atoms with van der Waals surface area (Å²) in [6.45, 7) is 0. The summed E-state index contributed by atoms with van der Waals surface area (Å²) in [7, 11) is 1.50. The summed E-state index contributed by atoms with van der Waals surface area (Å²) >= 11 is 0. The van der Waals surface area contributed by atoms with Gasteiger partial charge in [0.1, 0.15) is 11.4 Å². The lowest BCUT2D eigenvalue weighted by atomic mass is 10.2. The van der Waals surface area contributed by atoms with Crippen molar-refractivity contribution in [3.05, 3.63) is 18.2 Å². The molecule has 0 atom stereocenters. The zero-order valence-electron chi connectivity index (χ0n) is 6.57. The predicted octanol–water partition coefficient (Wildman–Crippen LogP) is 1.24. The molecule has 2 N–H and O–H groups in total. The van der Waals surface area contributed by atoms with Gasteiger partial charge in [0.2, 0.25) is 6.08 Å². The highest BCUT2D eigenvalue weighted by Gasteiger charge is 2.00. The van der Waals surface area contributed by atoms with Gasteiger partial charge in [0.05, 0.1) is 7.11 Å². The van der Waals surface area contributed by atoms with Gasteiger partial charge in [-0.2, -0.15) is 4.99 Å². The molecule has 0 aliphatic heterocycles. The van der Waals surface area contributed by atoms with E-state index in [4.69, 9.17) is 10.5 Å². The molecule has 0 aromatic heterocycles. The van der Waals surface area contributed by atoms with Crippen molar-refractivity contribution in [2.75, 3.05) is 12.8 Å². The molecule has 62 valence electrons. The molecule has 0 aliphatic rings. The van der Waals surface area contributed by atoms with Crippen molar-refractivity contribution in [3.63, 3.8) is 0 Å². The van der Waals surface area contributed by atoms with E-state index in [1.54, 1.807) is 18.2 Å². The van der Waals surface area contributed by atoms with E-state index in [-0.39, 0.29) is 0 Å². The van der Waals surface area contributed by atoms with Crippen LogP contribution in [0.4, 0.5) is 11.4 Å². The smallest absolute Gasteiger partial charge is 0.240 e. The van der Waals surface area contributed by atoms with Crippen molar-refractivity contribution in [1.82, 2.24) is 0 Å². The molecule has 0 heterocycles. The largest absolute Gasteiger partial charge is 0.494 e. The monoisotopic (exact) mass is 164 g/mol. The Bertz CT molecular complexity index is 330. The van der Waals surface area contributed by atoms with Crippen LogP contribution in [0, 0.1) is 0 Å². The fourth-order valence-corrected chi connectivity index (χ4v) is 0.844. The van der Waals surface area contributed by atoms with E-state index in [2.05, 4.69) is 4.99 Å². The molecule has 0 bridgehead atoms. The SMILES string of the molecule is COc1ccc(N)cc1N=C=O. The summed E-state index contributed by atoms with van der Waals surface area (Å²) in [5.74, 6) is 0.507. The van der Waals surface area contributed by atoms with Gasteiger partial charge in [-0.3, -0.25) is 0 Å². The number of methoxy groups -OCH3 is 1. The maximum atomic E-state index is 9.97. The lowest BCUT2D eigenvalue weighted by molar-refractivity contribution is 0.416. The van der Waals surface area contributed by atoms with Gasteiger partial charge < -0.3 is 10.5 Å². The van der Waals surface area contributed by atoms with Crippen molar-refractivity contribution in [3.8, 4) is 5.75 Å². The zero-order valence-corrected chi connectivity index (χ0v) is 6.57. The number of anilines is 1. The highest BCUT2D eigenvalue weighted by Crippen LogP contribution is 2.28. The summed E-state index contributed by atoms with van der Waals surface area (Å²) in [5, 5.41) is 0. The number of benzene rings is 1. The second-order valence-electron chi connectivity index (χ2n) is 2.13. The van der Waals surface area contributed by atoms with Crippen LogP contribution in [0.3, 0.4) is 0 Å². The average Bonchev–Trinajstić information content (AvgIpc) is 2.05. The summed E-state index contributed by atoms with van der Waals surface area (Å²) in [4.78, 5) is 13.4. The van der Waals surface area contributed by atoms with E-state index >= 15 is 0 Å². The fraction of sp³-hybridized carbons (Fsp3) is 0.125. The first-order chi connectivity index (χ1) is 5.77. The van der Waals surface area contributed by atoms with Crippen LogP contribution in [0.15, 0.2) is 23.2 Å². The summed E-state index contributed by atoms with van der Waals surface area (Å²) < 4.78 is 4.92. The van der Waals surface area contributed by atoms with E-state index in [1.807, 2.05) is 0 Å². The van der Waals surface area contributed by atoms with Gasteiger partial charge in [-0.15, -0.1) is 0 Å². The minimum Gasteiger partial charge on any atom is -0.494 e. The van der Waals surface area contributed by atoms with E-state index < -0.39 is 0 Å². The number of carbonyl (C=O) groups excluding carboxylic acids is 1. The number of rotatable bonds is 2. The molecule has 0 spiro atoms. The third kappa shape index (κ3) is 1.62. The van der Waals surface area contributed by atoms with Crippen molar-refractivity contribution in [1.29, 1.82) is 0 Å². The summed E-state index contributed by atoms with van der Waals surface area (Å²) in [6.07, 6.45) is 1.43. The Balaban J connectivity index is 3.20. The van der Waals surface area contributed by atoms with Gasteiger partial charge in [0.15, 0.2) is 0 Å². The Morgan fingerprint density at radius 1 is 1.58 bits per heavy atom. The molecule has 0 saturated heterocycles. The molecule has 4 heteroatoms. The van der Waals surface area contributed by atoms with Crippen LogP contribution in [0.1, 0.15) is 0 Å². The number of nitrogens with two attached hydrogens (primary N) is 1. The lowest BCUT2D eigenvalue weighted by Gasteiger charge is -2.02. The van der Waals surface area contributed by atoms with E-state index in [9.17, 15) is 4.79 Å². The molecule has 1 aromatic rings. The Morgan fingerprint density at radius 3 is 2.92 bits per heavy atom. The number of nitrogen functional groups attached to an aromatic ring is 1. The minimum atomic E-state index is 0.396. The van der Waals surface area contributed by atoms with Gasteiger partial charge in [-0.1, -0.05) is 0 Å². The van der Waals surface area contributed by atoms with Crippen LogP contribution < -0.4 is 10.5 Å². The molecule has 12 heavy (non-hydrogen) atoms. The van der Waals surface area contributed by atoms with Crippen molar-refractivity contribution >= 4 is 17.5 Å². The molecule has 0 unspecified atom stereocenters. The van der Waals surface area contributed by atoms with Gasteiger partial charge in [-0.25, -0.2) is 4.79 Å². The molecular weight excluding hydrogens is 156 g/mol. The molecule has 4 nitrogen and oxygen atoms in total. The standard InChI is InChI=1S/C8H8N2O2/c1-12-8-3-2-6(9)4-7(8)10-5-11/h2-4H,9H2,1H3. The second kappa shape index (κ2) is 3.55. The van der Waals surface area contributed by atoms with Crippen LogP contribution in [0.5, 0.6) is 5.75 Å². The fourth-order valence-electron chi connectivity index (χ4n) is 0.844. The summed E-state index contributed by atoms with van der Waals surface area (Å²) in [6, 6.07) is 4.86. The van der Waals surface area contributed by atoms with Crippen LogP contribution in [0.25, 0.3) is 0 Å². The van der Waals surface area contributed by atoms with Crippen LogP contribution in [-0.4, -0.2) is 13.2 Å². The van der Waals surface area contributed by atoms with Crippen molar-refractivity contribution in [2.45, 2.75) is 0 Å². The highest BCUT2D eigenvalue weighted by molar-refractivity contribution is 5.63. The lowest BCUT2D eigenvalue weighted by Crippen LogP contribution is -1.87. The molecule has 0 fully saturated rings. The topological polar surface area (TPSA) is 64.7 Å². The first-order valence-corrected chi connectivity index (χ1v) is 3.29. The highest BCUT2D eigenvalue weighted by atomic mass is 16.5. The molecule has 1 rings (SSSR count). The molecule has 0 amide bonds. The second-order valence-corrected chi connectivity index (χ2v) is 2.13. The van der Waals surface area contributed by atoms with Gasteiger partial charge >= 0.3 is 0 Å². The Morgan fingerprint density at radius 2 is 2.33 bits per heavy atom. The number of aliphatic imine (C=N–C) groups is 1. The third-order valence-electron chi connectivity index (χ3n) is 1.37. The van der Waals surface area contributed by atoms with E-state index in [1.165, 1.54) is 13.2 Å². The zero-order chi connectivity index (χ0) is 8.97. The molecule has 0 saturated carbocycles.